The Morgan fingerprint density at radius 3 is 2.38 bits per heavy atom. The fourth-order valence-electron chi connectivity index (χ4n) is 2.07. The molecular weight excluding hydrogens is 206 g/mol. The van der Waals surface area contributed by atoms with Crippen LogP contribution in [-0.2, 0) is 14.4 Å². The molecule has 4 atom stereocenters. The van der Waals surface area contributed by atoms with E-state index in [0.29, 0.717) is 12.5 Å². The van der Waals surface area contributed by atoms with Gasteiger partial charge >= 0.3 is 0 Å². The minimum atomic E-state index is -0.109. The molecule has 94 valence electrons. The Morgan fingerprint density at radius 2 is 1.94 bits per heavy atom. The first-order valence-electron chi connectivity index (χ1n) is 6.00. The highest BCUT2D eigenvalue weighted by molar-refractivity contribution is 5.78. The van der Waals surface area contributed by atoms with Crippen LogP contribution in [-0.4, -0.2) is 24.7 Å². The second-order valence-electron chi connectivity index (χ2n) is 5.10. The number of nitrogens with one attached hydrogen (secondary N) is 1. The highest BCUT2D eigenvalue weighted by atomic mass is 16.7. The topological polar surface area (TPSA) is 47.6 Å². The molecule has 1 N–H and O–H groups in total. The highest BCUT2D eigenvalue weighted by Crippen LogP contribution is 2.32. The third-order valence-corrected chi connectivity index (χ3v) is 3.13. The molecule has 1 heterocycles. The molecule has 1 aliphatic heterocycles. The summed E-state index contributed by atoms with van der Waals surface area (Å²) in [7, 11) is 0. The summed E-state index contributed by atoms with van der Waals surface area (Å²) >= 11 is 0. The van der Waals surface area contributed by atoms with Gasteiger partial charge in [-0.25, -0.2) is 5.48 Å². The van der Waals surface area contributed by atoms with Gasteiger partial charge in [-0.05, 0) is 25.7 Å². The summed E-state index contributed by atoms with van der Waals surface area (Å²) in [5.41, 5.74) is 2.52. The predicted octanol–water partition coefficient (Wildman–Crippen LogP) is 1.75. The van der Waals surface area contributed by atoms with Crippen molar-refractivity contribution in [3.8, 4) is 0 Å². The number of carbonyl (C=O) groups is 1. The summed E-state index contributed by atoms with van der Waals surface area (Å²) in [6, 6.07) is 0. The smallest absolute Gasteiger partial charge is 0.249 e. The summed E-state index contributed by atoms with van der Waals surface area (Å²) in [5, 5.41) is 0. The molecule has 0 aromatic carbocycles. The molecule has 1 saturated heterocycles. The fraction of sp³-hybridized carbons (Fsp3) is 0.917. The molecular formula is C12H23NO3. The van der Waals surface area contributed by atoms with Gasteiger partial charge < -0.3 is 4.74 Å². The van der Waals surface area contributed by atoms with Gasteiger partial charge in [0.2, 0.25) is 5.91 Å². The number of hydrogen-bond donors (Lipinski definition) is 1. The van der Waals surface area contributed by atoms with Crippen LogP contribution in [0.25, 0.3) is 0 Å². The number of ether oxygens (including phenoxy) is 1. The summed E-state index contributed by atoms with van der Waals surface area (Å²) < 4.78 is 5.62. The highest BCUT2D eigenvalue weighted by Gasteiger charge is 2.41. The average molecular weight is 229 g/mol. The molecule has 1 rings (SSSR count). The molecule has 0 radical (unpaired) electrons. The van der Waals surface area contributed by atoms with Crippen LogP contribution in [0.4, 0.5) is 0 Å². The molecule has 4 unspecified atom stereocenters. The van der Waals surface area contributed by atoms with Gasteiger partial charge in [-0.1, -0.05) is 20.8 Å². The van der Waals surface area contributed by atoms with E-state index >= 15 is 0 Å². The Kier molecular flexibility index (Phi) is 4.74. The molecule has 0 aromatic rings. The first-order chi connectivity index (χ1) is 7.43. The van der Waals surface area contributed by atoms with Crippen LogP contribution in [0.5, 0.6) is 0 Å². The van der Waals surface area contributed by atoms with Crippen molar-refractivity contribution in [2.75, 3.05) is 6.61 Å². The Balaban J connectivity index is 2.41. The van der Waals surface area contributed by atoms with Gasteiger partial charge in [0.1, 0.15) is 0 Å². The maximum atomic E-state index is 11.9. The number of rotatable bonds is 4. The predicted molar refractivity (Wildman–Crippen MR) is 61.6 cm³/mol. The normalized spacial score (nSPS) is 34.4. The van der Waals surface area contributed by atoms with Gasteiger partial charge in [0.25, 0.3) is 0 Å². The molecule has 0 bridgehead atoms. The third-order valence-electron chi connectivity index (χ3n) is 3.13. The zero-order chi connectivity index (χ0) is 12.3. The van der Waals surface area contributed by atoms with Crippen LogP contribution in [0.2, 0.25) is 0 Å². The standard InChI is InChI=1S/C12H23NO3/c1-7(2)6-15-13-12(14)11-8(3)9(4)16-10(11)5/h7-11H,6H2,1-5H3,(H,13,14). The number of hydroxylamine groups is 1. The zero-order valence-corrected chi connectivity index (χ0v) is 10.8. The van der Waals surface area contributed by atoms with E-state index in [2.05, 4.69) is 5.48 Å². The Hall–Kier alpha value is -0.610. The molecule has 16 heavy (non-hydrogen) atoms. The monoisotopic (exact) mass is 229 g/mol. The Labute approximate surface area is 97.6 Å². The Bertz CT molecular complexity index is 242. The largest absolute Gasteiger partial charge is 0.374 e. The van der Waals surface area contributed by atoms with E-state index in [-0.39, 0.29) is 30.0 Å². The molecule has 0 spiro atoms. The van der Waals surface area contributed by atoms with E-state index < -0.39 is 0 Å². The number of hydrogen-bond acceptors (Lipinski definition) is 3. The van der Waals surface area contributed by atoms with Crippen molar-refractivity contribution in [1.29, 1.82) is 0 Å². The quantitative estimate of drug-likeness (QED) is 0.747. The van der Waals surface area contributed by atoms with Gasteiger partial charge in [0.05, 0.1) is 24.7 Å². The molecule has 0 aromatic heterocycles. The molecule has 1 fully saturated rings. The summed E-state index contributed by atoms with van der Waals surface area (Å²) in [5.74, 6) is 0.471. The minimum absolute atomic E-state index is 0.0346. The van der Waals surface area contributed by atoms with E-state index in [1.807, 2.05) is 34.6 Å². The second-order valence-corrected chi connectivity index (χ2v) is 5.10. The van der Waals surface area contributed by atoms with E-state index in [1.54, 1.807) is 0 Å². The van der Waals surface area contributed by atoms with Crippen molar-refractivity contribution >= 4 is 5.91 Å². The van der Waals surface area contributed by atoms with Gasteiger partial charge in [0.15, 0.2) is 0 Å². The van der Waals surface area contributed by atoms with Crippen LogP contribution in [0, 0.1) is 17.8 Å². The van der Waals surface area contributed by atoms with Gasteiger partial charge in [-0.3, -0.25) is 9.63 Å². The van der Waals surface area contributed by atoms with Crippen LogP contribution < -0.4 is 5.48 Å². The lowest BCUT2D eigenvalue weighted by Crippen LogP contribution is -2.37. The van der Waals surface area contributed by atoms with Crippen molar-refractivity contribution in [3.63, 3.8) is 0 Å². The van der Waals surface area contributed by atoms with Crippen molar-refractivity contribution in [3.05, 3.63) is 0 Å². The summed E-state index contributed by atoms with van der Waals surface area (Å²) in [6.45, 7) is 10.6. The average Bonchev–Trinajstić information content (AvgIpc) is 2.40. The van der Waals surface area contributed by atoms with E-state index in [9.17, 15) is 4.79 Å². The van der Waals surface area contributed by atoms with E-state index in [1.165, 1.54) is 0 Å². The molecule has 1 aliphatic rings. The molecule has 0 aliphatic carbocycles. The lowest BCUT2D eigenvalue weighted by Gasteiger charge is -2.18. The molecule has 4 nitrogen and oxygen atoms in total. The second kappa shape index (κ2) is 5.64. The zero-order valence-electron chi connectivity index (χ0n) is 10.8. The third kappa shape index (κ3) is 3.19. The fourth-order valence-corrected chi connectivity index (χ4v) is 2.07. The van der Waals surface area contributed by atoms with Crippen molar-refractivity contribution in [2.24, 2.45) is 17.8 Å². The number of amides is 1. The van der Waals surface area contributed by atoms with Crippen LogP contribution in [0.15, 0.2) is 0 Å². The number of carbonyl (C=O) groups excluding carboxylic acids is 1. The summed E-state index contributed by atoms with van der Waals surface area (Å²) in [6.07, 6.45) is 0.100. The molecule has 1 amide bonds. The lowest BCUT2D eigenvalue weighted by atomic mass is 9.89. The first kappa shape index (κ1) is 13.5. The van der Waals surface area contributed by atoms with E-state index in [4.69, 9.17) is 9.57 Å². The summed E-state index contributed by atoms with van der Waals surface area (Å²) in [4.78, 5) is 17.0. The minimum Gasteiger partial charge on any atom is -0.374 e. The van der Waals surface area contributed by atoms with Gasteiger partial charge in [-0.2, -0.15) is 0 Å². The first-order valence-corrected chi connectivity index (χ1v) is 6.00. The maximum Gasteiger partial charge on any atom is 0.249 e. The lowest BCUT2D eigenvalue weighted by molar-refractivity contribution is -0.140. The molecule has 0 saturated carbocycles. The van der Waals surface area contributed by atoms with Crippen LogP contribution in [0.1, 0.15) is 34.6 Å². The maximum absolute atomic E-state index is 11.9. The van der Waals surface area contributed by atoms with Gasteiger partial charge in [-0.15, -0.1) is 0 Å². The van der Waals surface area contributed by atoms with Crippen molar-refractivity contribution in [2.45, 2.75) is 46.8 Å². The van der Waals surface area contributed by atoms with Crippen molar-refractivity contribution < 1.29 is 14.4 Å². The van der Waals surface area contributed by atoms with E-state index in [0.717, 1.165) is 0 Å². The van der Waals surface area contributed by atoms with Crippen LogP contribution in [0.3, 0.4) is 0 Å². The van der Waals surface area contributed by atoms with Gasteiger partial charge in [0, 0.05) is 0 Å². The SMILES string of the molecule is CC(C)CONC(=O)C1C(C)OC(C)C1C. The molecule has 4 heteroatoms. The van der Waals surface area contributed by atoms with Crippen molar-refractivity contribution in [1.82, 2.24) is 5.48 Å². The van der Waals surface area contributed by atoms with Crippen LogP contribution >= 0.6 is 0 Å². The Morgan fingerprint density at radius 1 is 1.31 bits per heavy atom.